The van der Waals surface area contributed by atoms with Gasteiger partial charge in [-0.1, -0.05) is 26.0 Å². The molecule has 2 nitrogen and oxygen atoms in total. The fourth-order valence-corrected chi connectivity index (χ4v) is 2.91. The van der Waals surface area contributed by atoms with E-state index in [1.807, 2.05) is 0 Å². The van der Waals surface area contributed by atoms with Crippen molar-refractivity contribution in [1.82, 2.24) is 5.32 Å². The highest BCUT2D eigenvalue weighted by Crippen LogP contribution is 2.29. The summed E-state index contributed by atoms with van der Waals surface area (Å²) in [7, 11) is 4.16. The molecule has 2 rings (SSSR count). The predicted molar refractivity (Wildman–Crippen MR) is 83.6 cm³/mol. The van der Waals surface area contributed by atoms with Crippen LogP contribution in [-0.4, -0.2) is 20.1 Å². The van der Waals surface area contributed by atoms with Crippen molar-refractivity contribution < 1.29 is 0 Å². The van der Waals surface area contributed by atoms with Crippen molar-refractivity contribution in [2.75, 3.05) is 19.0 Å². The second kappa shape index (κ2) is 6.42. The van der Waals surface area contributed by atoms with Crippen LogP contribution in [0.4, 0.5) is 5.69 Å². The summed E-state index contributed by atoms with van der Waals surface area (Å²) >= 11 is 0. The maximum absolute atomic E-state index is 3.72. The first kappa shape index (κ1) is 14.4. The third-order valence-corrected chi connectivity index (χ3v) is 4.65. The van der Waals surface area contributed by atoms with Gasteiger partial charge in [-0.05, 0) is 48.8 Å². The molecule has 1 aliphatic rings. The molecule has 0 heterocycles. The molecule has 1 N–H and O–H groups in total. The molecular formula is C17H28N2. The zero-order valence-corrected chi connectivity index (χ0v) is 12.8. The fraction of sp³-hybridized carbons (Fsp3) is 0.647. The third-order valence-electron chi connectivity index (χ3n) is 4.65. The van der Waals surface area contributed by atoms with Crippen LogP contribution in [0.5, 0.6) is 0 Å². The van der Waals surface area contributed by atoms with Crippen LogP contribution >= 0.6 is 0 Å². The van der Waals surface area contributed by atoms with E-state index in [9.17, 15) is 0 Å². The van der Waals surface area contributed by atoms with Gasteiger partial charge >= 0.3 is 0 Å². The van der Waals surface area contributed by atoms with Crippen molar-refractivity contribution in [2.45, 2.75) is 45.7 Å². The first-order valence-corrected chi connectivity index (χ1v) is 7.56. The number of benzene rings is 1. The SMILES string of the molecule is CC1CCC(NCc2ccc(N(C)C)cc2)CC1C. The molecule has 1 aromatic rings. The molecule has 0 saturated heterocycles. The van der Waals surface area contributed by atoms with Crippen molar-refractivity contribution in [3.05, 3.63) is 29.8 Å². The smallest absolute Gasteiger partial charge is 0.0361 e. The molecule has 1 fully saturated rings. The average molecular weight is 260 g/mol. The Morgan fingerprint density at radius 2 is 1.74 bits per heavy atom. The Hall–Kier alpha value is -1.02. The summed E-state index contributed by atoms with van der Waals surface area (Å²) < 4.78 is 0. The summed E-state index contributed by atoms with van der Waals surface area (Å²) in [5.41, 5.74) is 2.65. The summed E-state index contributed by atoms with van der Waals surface area (Å²) in [6.07, 6.45) is 4.04. The van der Waals surface area contributed by atoms with Gasteiger partial charge in [-0.25, -0.2) is 0 Å². The lowest BCUT2D eigenvalue weighted by Gasteiger charge is -2.32. The van der Waals surface area contributed by atoms with Crippen LogP contribution in [0.1, 0.15) is 38.7 Å². The number of hydrogen-bond donors (Lipinski definition) is 1. The van der Waals surface area contributed by atoms with Gasteiger partial charge in [0.25, 0.3) is 0 Å². The molecule has 0 spiro atoms. The second-order valence-corrected chi connectivity index (χ2v) is 6.41. The normalized spacial score (nSPS) is 27.3. The van der Waals surface area contributed by atoms with Gasteiger partial charge in [-0.2, -0.15) is 0 Å². The number of hydrogen-bond acceptors (Lipinski definition) is 2. The summed E-state index contributed by atoms with van der Waals surface area (Å²) in [6, 6.07) is 9.57. The van der Waals surface area contributed by atoms with Gasteiger partial charge in [0.15, 0.2) is 0 Å². The van der Waals surface area contributed by atoms with Crippen LogP contribution in [0, 0.1) is 11.8 Å². The largest absolute Gasteiger partial charge is 0.378 e. The summed E-state index contributed by atoms with van der Waals surface area (Å²) in [4.78, 5) is 2.14. The molecule has 0 bridgehead atoms. The standard InChI is InChI=1S/C17H28N2/c1-13-5-8-16(11-14(13)2)18-12-15-6-9-17(10-7-15)19(3)4/h6-7,9-10,13-14,16,18H,5,8,11-12H2,1-4H3. The maximum atomic E-state index is 3.72. The lowest BCUT2D eigenvalue weighted by Crippen LogP contribution is -2.35. The van der Waals surface area contributed by atoms with Gasteiger partial charge in [0.1, 0.15) is 0 Å². The van der Waals surface area contributed by atoms with E-state index < -0.39 is 0 Å². The summed E-state index contributed by atoms with van der Waals surface area (Å²) in [5, 5.41) is 3.72. The minimum absolute atomic E-state index is 0.708. The van der Waals surface area contributed by atoms with Gasteiger partial charge < -0.3 is 10.2 Å². The van der Waals surface area contributed by atoms with E-state index in [2.05, 4.69) is 62.4 Å². The molecule has 1 saturated carbocycles. The average Bonchev–Trinajstić information content (AvgIpc) is 2.40. The lowest BCUT2D eigenvalue weighted by atomic mass is 9.79. The Bertz CT molecular complexity index is 383. The molecule has 106 valence electrons. The van der Waals surface area contributed by atoms with Crippen molar-refractivity contribution >= 4 is 5.69 Å². The van der Waals surface area contributed by atoms with Gasteiger partial charge in [-0.15, -0.1) is 0 Å². The Morgan fingerprint density at radius 1 is 1.05 bits per heavy atom. The van der Waals surface area contributed by atoms with Crippen molar-refractivity contribution in [3.63, 3.8) is 0 Å². The Morgan fingerprint density at radius 3 is 2.32 bits per heavy atom. The molecule has 2 heteroatoms. The molecule has 3 unspecified atom stereocenters. The van der Waals surface area contributed by atoms with Gasteiger partial charge in [0.05, 0.1) is 0 Å². The molecule has 1 aliphatic carbocycles. The van der Waals surface area contributed by atoms with Crippen molar-refractivity contribution in [2.24, 2.45) is 11.8 Å². The van der Waals surface area contributed by atoms with Crippen LogP contribution in [0.25, 0.3) is 0 Å². The van der Waals surface area contributed by atoms with E-state index in [-0.39, 0.29) is 0 Å². The summed E-state index contributed by atoms with van der Waals surface area (Å²) in [5.74, 6) is 1.76. The highest BCUT2D eigenvalue weighted by molar-refractivity contribution is 5.45. The molecule has 1 aromatic carbocycles. The first-order chi connectivity index (χ1) is 9.06. The molecule has 3 atom stereocenters. The topological polar surface area (TPSA) is 15.3 Å². The highest BCUT2D eigenvalue weighted by atomic mass is 15.1. The fourth-order valence-electron chi connectivity index (χ4n) is 2.91. The van der Waals surface area contributed by atoms with Gasteiger partial charge in [-0.3, -0.25) is 0 Å². The van der Waals surface area contributed by atoms with Crippen LogP contribution in [0.2, 0.25) is 0 Å². The maximum Gasteiger partial charge on any atom is 0.0361 e. The monoisotopic (exact) mass is 260 g/mol. The third kappa shape index (κ3) is 3.97. The quantitative estimate of drug-likeness (QED) is 0.888. The zero-order valence-electron chi connectivity index (χ0n) is 12.8. The van der Waals surface area contributed by atoms with Crippen LogP contribution in [0.3, 0.4) is 0 Å². The number of anilines is 1. The Kier molecular flexibility index (Phi) is 4.87. The minimum atomic E-state index is 0.708. The predicted octanol–water partition coefficient (Wildman–Crippen LogP) is 3.67. The van der Waals surface area contributed by atoms with Crippen LogP contribution in [0.15, 0.2) is 24.3 Å². The molecule has 19 heavy (non-hydrogen) atoms. The highest BCUT2D eigenvalue weighted by Gasteiger charge is 2.23. The molecule has 0 aromatic heterocycles. The zero-order chi connectivity index (χ0) is 13.8. The lowest BCUT2D eigenvalue weighted by molar-refractivity contribution is 0.225. The van der Waals surface area contributed by atoms with E-state index in [0.29, 0.717) is 6.04 Å². The molecule has 0 radical (unpaired) electrons. The van der Waals surface area contributed by atoms with E-state index in [0.717, 1.165) is 18.4 Å². The van der Waals surface area contributed by atoms with Crippen LogP contribution < -0.4 is 10.2 Å². The number of nitrogens with zero attached hydrogens (tertiary/aromatic N) is 1. The minimum Gasteiger partial charge on any atom is -0.378 e. The number of rotatable bonds is 4. The van der Waals surface area contributed by atoms with Crippen LogP contribution in [-0.2, 0) is 6.54 Å². The van der Waals surface area contributed by atoms with Crippen molar-refractivity contribution in [1.29, 1.82) is 0 Å². The second-order valence-electron chi connectivity index (χ2n) is 6.41. The molecular weight excluding hydrogens is 232 g/mol. The van der Waals surface area contributed by atoms with Gasteiger partial charge in [0.2, 0.25) is 0 Å². The van der Waals surface area contributed by atoms with E-state index >= 15 is 0 Å². The van der Waals surface area contributed by atoms with E-state index in [1.54, 1.807) is 0 Å². The van der Waals surface area contributed by atoms with Gasteiger partial charge in [0, 0.05) is 32.4 Å². The molecule has 0 aliphatic heterocycles. The number of nitrogens with one attached hydrogen (secondary N) is 1. The van der Waals surface area contributed by atoms with E-state index in [4.69, 9.17) is 0 Å². The molecule has 0 amide bonds. The summed E-state index contributed by atoms with van der Waals surface area (Å²) in [6.45, 7) is 5.78. The Labute approximate surface area is 118 Å². The van der Waals surface area contributed by atoms with E-state index in [1.165, 1.54) is 30.5 Å². The van der Waals surface area contributed by atoms with Crippen molar-refractivity contribution in [3.8, 4) is 0 Å². The first-order valence-electron chi connectivity index (χ1n) is 7.56. The Balaban J connectivity index is 1.82.